The van der Waals surface area contributed by atoms with E-state index in [-0.39, 0.29) is 17.1 Å². The number of hydrogen-bond donors (Lipinski definition) is 2. The molecule has 0 aliphatic carbocycles. The molecule has 2 N–H and O–H groups in total. The molecule has 1 saturated heterocycles. The molecule has 2 aliphatic rings. The van der Waals surface area contributed by atoms with Gasteiger partial charge in [-0.25, -0.2) is 19.6 Å². The maximum atomic E-state index is 13.4. The summed E-state index contributed by atoms with van der Waals surface area (Å²) in [6.07, 6.45) is -8.66. The van der Waals surface area contributed by atoms with Crippen molar-refractivity contribution in [3.8, 4) is 11.3 Å². The molecule has 0 unspecified atom stereocenters. The molecule has 0 radical (unpaired) electrons. The van der Waals surface area contributed by atoms with E-state index in [0.717, 1.165) is 12.1 Å². The van der Waals surface area contributed by atoms with Gasteiger partial charge in [0.25, 0.3) is 0 Å². The topological polar surface area (TPSA) is 125 Å². The van der Waals surface area contributed by atoms with Crippen molar-refractivity contribution in [3.05, 3.63) is 66.4 Å². The number of hydrogen-bond acceptors (Lipinski definition) is 7. The fourth-order valence-electron chi connectivity index (χ4n) is 4.42. The third-order valence-corrected chi connectivity index (χ3v) is 6.16. The first kappa shape index (κ1) is 30.1. The van der Waals surface area contributed by atoms with Crippen LogP contribution in [-0.4, -0.2) is 64.5 Å². The SMILES string of the molecule is CC(=O)O[C@H]1CN2C[C@H]1N(C(=O)Nc1ccccn1)c1nc(-c3cccc(C(F)(F)F)c3)ccc12.O=C(O)C(F)(F)F. The number of anilines is 3. The Morgan fingerprint density at radius 1 is 1.00 bits per heavy atom. The number of aromatic nitrogens is 2. The van der Waals surface area contributed by atoms with E-state index in [1.165, 1.54) is 30.2 Å². The van der Waals surface area contributed by atoms with Crippen molar-refractivity contribution in [1.82, 2.24) is 9.97 Å². The maximum absolute atomic E-state index is 13.4. The lowest BCUT2D eigenvalue weighted by Gasteiger charge is -2.36. The van der Waals surface area contributed by atoms with Crippen molar-refractivity contribution >= 4 is 35.3 Å². The predicted octanol–water partition coefficient (Wildman–Crippen LogP) is 4.97. The first-order valence-corrected chi connectivity index (χ1v) is 12.1. The minimum Gasteiger partial charge on any atom is -0.475 e. The monoisotopic (exact) mass is 597 g/mol. The van der Waals surface area contributed by atoms with Gasteiger partial charge in [0.15, 0.2) is 5.82 Å². The molecule has 10 nitrogen and oxygen atoms in total. The van der Waals surface area contributed by atoms with Crippen LogP contribution in [0.25, 0.3) is 11.3 Å². The fourth-order valence-corrected chi connectivity index (χ4v) is 4.42. The molecule has 0 spiro atoms. The highest BCUT2D eigenvalue weighted by Gasteiger charge is 2.48. The summed E-state index contributed by atoms with van der Waals surface area (Å²) in [5, 5.41) is 9.85. The number of urea groups is 1. The Morgan fingerprint density at radius 2 is 1.71 bits per heavy atom. The standard InChI is InChI=1S/C24H20F3N5O3.C2HF3O2/c1-14(33)35-20-13-31-12-19(20)32(23(34)30-21-7-2-3-10-28-21)22-18(31)9-8-17(29-22)15-5-4-6-16(11-15)24(25,26)27;3-2(4,5)1(6)7/h2-11,19-20H,12-13H2,1H3,(H,28,30,34);(H,6,7)/t19-,20+;/m1./s1. The number of carbonyl (C=O) groups excluding carboxylic acids is 2. The van der Waals surface area contributed by atoms with E-state index in [1.807, 2.05) is 4.90 Å². The van der Waals surface area contributed by atoms with E-state index in [9.17, 15) is 35.9 Å². The van der Waals surface area contributed by atoms with Crippen LogP contribution in [0.4, 0.5) is 48.5 Å². The summed E-state index contributed by atoms with van der Waals surface area (Å²) < 4.78 is 77.0. The zero-order chi connectivity index (χ0) is 30.8. The minimum atomic E-state index is -5.08. The molecule has 3 aromatic rings. The highest BCUT2D eigenvalue weighted by molar-refractivity contribution is 6.04. The molecule has 2 aromatic heterocycles. The average Bonchev–Trinajstić information content (AvgIpc) is 3.25. The second-order valence-corrected chi connectivity index (χ2v) is 9.06. The number of nitrogens with one attached hydrogen (secondary N) is 1. The Bertz CT molecular complexity index is 1480. The Hall–Kier alpha value is -4.89. The Morgan fingerprint density at radius 3 is 2.31 bits per heavy atom. The number of pyridine rings is 2. The van der Waals surface area contributed by atoms with Crippen molar-refractivity contribution in [2.75, 3.05) is 28.2 Å². The molecular formula is C26H21F6N5O5. The van der Waals surface area contributed by atoms with E-state index < -0.39 is 48.0 Å². The van der Waals surface area contributed by atoms with Gasteiger partial charge in [0, 0.05) is 25.2 Å². The maximum Gasteiger partial charge on any atom is 0.490 e. The molecule has 0 saturated carbocycles. The van der Waals surface area contributed by atoms with Crippen LogP contribution >= 0.6 is 0 Å². The van der Waals surface area contributed by atoms with E-state index in [1.54, 1.807) is 30.3 Å². The number of aliphatic carboxylic acids is 1. The molecule has 5 rings (SSSR count). The third-order valence-electron chi connectivity index (χ3n) is 6.16. The molecule has 16 heteroatoms. The molecule has 2 bridgehead atoms. The van der Waals surface area contributed by atoms with Gasteiger partial charge in [-0.3, -0.25) is 15.0 Å². The Labute approximate surface area is 233 Å². The van der Waals surface area contributed by atoms with Crippen LogP contribution in [0.2, 0.25) is 0 Å². The van der Waals surface area contributed by atoms with E-state index >= 15 is 0 Å². The van der Waals surface area contributed by atoms with E-state index in [0.29, 0.717) is 24.6 Å². The molecule has 1 fully saturated rings. The van der Waals surface area contributed by atoms with Crippen molar-refractivity contribution in [2.45, 2.75) is 31.4 Å². The molecule has 42 heavy (non-hydrogen) atoms. The van der Waals surface area contributed by atoms with Gasteiger partial charge in [0.1, 0.15) is 11.9 Å². The number of halogens is 6. The number of benzene rings is 1. The summed E-state index contributed by atoms with van der Waals surface area (Å²) in [5.74, 6) is -2.65. The van der Waals surface area contributed by atoms with Gasteiger partial charge >= 0.3 is 30.3 Å². The first-order chi connectivity index (χ1) is 19.6. The number of carbonyl (C=O) groups is 3. The van der Waals surface area contributed by atoms with Gasteiger partial charge in [0.2, 0.25) is 0 Å². The van der Waals surface area contributed by atoms with Gasteiger partial charge in [-0.05, 0) is 36.4 Å². The number of nitrogens with zero attached hydrogens (tertiary/aromatic N) is 4. The average molecular weight is 597 g/mol. The molecule has 2 amide bonds. The third kappa shape index (κ3) is 6.70. The molecule has 4 heterocycles. The smallest absolute Gasteiger partial charge is 0.475 e. The normalized spacial score (nSPS) is 17.5. The predicted molar refractivity (Wildman–Crippen MR) is 136 cm³/mol. The largest absolute Gasteiger partial charge is 0.490 e. The second-order valence-electron chi connectivity index (χ2n) is 9.06. The number of alkyl halides is 6. The lowest BCUT2D eigenvalue weighted by Crippen LogP contribution is -2.52. The number of esters is 1. The number of amides is 2. The van der Waals surface area contributed by atoms with Gasteiger partial charge < -0.3 is 14.7 Å². The van der Waals surface area contributed by atoms with Crippen LogP contribution in [0.1, 0.15) is 12.5 Å². The fraction of sp³-hybridized carbons (Fsp3) is 0.269. The quantitative estimate of drug-likeness (QED) is 0.321. The Kier molecular flexibility index (Phi) is 8.26. The van der Waals surface area contributed by atoms with Crippen LogP contribution < -0.4 is 15.1 Å². The van der Waals surface area contributed by atoms with E-state index in [4.69, 9.17) is 14.6 Å². The lowest BCUT2D eigenvalue weighted by molar-refractivity contribution is -0.192. The van der Waals surface area contributed by atoms with Crippen molar-refractivity contribution < 1.29 is 50.6 Å². The van der Waals surface area contributed by atoms with Crippen molar-refractivity contribution in [2.24, 2.45) is 0 Å². The number of carboxylic acid groups (broad SMARTS) is 1. The summed E-state index contributed by atoms with van der Waals surface area (Å²) in [7, 11) is 0. The van der Waals surface area contributed by atoms with Crippen LogP contribution in [0.5, 0.6) is 0 Å². The highest BCUT2D eigenvalue weighted by Crippen LogP contribution is 2.42. The summed E-state index contributed by atoms with van der Waals surface area (Å²) in [4.78, 5) is 46.1. The molecule has 222 valence electrons. The lowest BCUT2D eigenvalue weighted by atomic mass is 10.1. The van der Waals surface area contributed by atoms with Gasteiger partial charge in [-0.2, -0.15) is 26.3 Å². The Balaban J connectivity index is 0.000000517. The summed E-state index contributed by atoms with van der Waals surface area (Å²) in [6, 6.07) is 12.2. The van der Waals surface area contributed by atoms with Crippen LogP contribution in [0, 0.1) is 0 Å². The number of rotatable bonds is 3. The molecule has 1 aromatic carbocycles. The van der Waals surface area contributed by atoms with Gasteiger partial charge in [-0.1, -0.05) is 18.2 Å². The highest BCUT2D eigenvalue weighted by atomic mass is 19.4. The van der Waals surface area contributed by atoms with Crippen molar-refractivity contribution in [3.63, 3.8) is 0 Å². The first-order valence-electron chi connectivity index (χ1n) is 12.1. The molecular weight excluding hydrogens is 576 g/mol. The number of ether oxygens (including phenoxy) is 1. The molecule has 2 aliphatic heterocycles. The van der Waals surface area contributed by atoms with Crippen LogP contribution in [0.15, 0.2) is 60.8 Å². The summed E-state index contributed by atoms with van der Waals surface area (Å²) in [5.41, 5.74) is 0.356. The van der Waals surface area contributed by atoms with Crippen molar-refractivity contribution in [1.29, 1.82) is 0 Å². The second kappa shape index (κ2) is 11.5. The zero-order valence-corrected chi connectivity index (χ0v) is 21.5. The van der Waals surface area contributed by atoms with Crippen LogP contribution in [0.3, 0.4) is 0 Å². The van der Waals surface area contributed by atoms with Gasteiger partial charge in [-0.15, -0.1) is 0 Å². The minimum absolute atomic E-state index is 0.261. The zero-order valence-electron chi connectivity index (χ0n) is 21.5. The molecule has 2 atom stereocenters. The summed E-state index contributed by atoms with van der Waals surface area (Å²) >= 11 is 0. The number of carboxylic acids is 1. The van der Waals surface area contributed by atoms with Gasteiger partial charge in [0.05, 0.1) is 29.5 Å². The number of fused-ring (bicyclic) bond motifs is 4. The summed E-state index contributed by atoms with van der Waals surface area (Å²) in [6.45, 7) is 2.06. The van der Waals surface area contributed by atoms with Crippen LogP contribution in [-0.2, 0) is 20.5 Å². The van der Waals surface area contributed by atoms with E-state index in [2.05, 4.69) is 15.3 Å².